The molecule has 1 aromatic carbocycles. The van der Waals surface area contributed by atoms with Crippen molar-refractivity contribution in [1.29, 1.82) is 0 Å². The van der Waals surface area contributed by atoms with Gasteiger partial charge in [-0.05, 0) is 50.0 Å². The van der Waals surface area contributed by atoms with Gasteiger partial charge in [0.1, 0.15) is 11.5 Å². The van der Waals surface area contributed by atoms with E-state index in [1.165, 1.54) is 31.1 Å². The Kier molecular flexibility index (Phi) is 3.26. The van der Waals surface area contributed by atoms with Gasteiger partial charge in [-0.25, -0.2) is 10.4 Å². The number of fused-ring (bicyclic) bond motifs is 3. The molecule has 3 fully saturated rings. The van der Waals surface area contributed by atoms with Crippen LogP contribution in [0.2, 0.25) is 0 Å². The second kappa shape index (κ2) is 5.20. The van der Waals surface area contributed by atoms with Gasteiger partial charge in [0, 0.05) is 21.0 Å². The highest BCUT2D eigenvalue weighted by atomic mass is 32.1. The van der Waals surface area contributed by atoms with Crippen LogP contribution in [0.5, 0.6) is 0 Å². The molecule has 2 aromatic rings. The third-order valence-electron chi connectivity index (χ3n) is 5.99. The van der Waals surface area contributed by atoms with Gasteiger partial charge < -0.3 is 5.43 Å². The zero-order chi connectivity index (χ0) is 17.2. The van der Waals surface area contributed by atoms with Crippen molar-refractivity contribution in [2.45, 2.75) is 43.9 Å². The third kappa shape index (κ3) is 2.39. The van der Waals surface area contributed by atoms with Gasteiger partial charge in [0.25, 0.3) is 0 Å². The van der Waals surface area contributed by atoms with Gasteiger partial charge in [0.15, 0.2) is 0 Å². The van der Waals surface area contributed by atoms with Crippen molar-refractivity contribution in [3.8, 4) is 0 Å². The Labute approximate surface area is 147 Å². The molecule has 2 heterocycles. The van der Waals surface area contributed by atoms with Gasteiger partial charge in [-0.15, -0.1) is 11.3 Å². The van der Waals surface area contributed by atoms with E-state index in [9.17, 15) is 13.2 Å². The maximum Gasteiger partial charge on any atom is 0.417 e. The largest absolute Gasteiger partial charge is 0.417 e. The van der Waals surface area contributed by atoms with Crippen LogP contribution in [-0.2, 0) is 6.18 Å². The van der Waals surface area contributed by atoms with Crippen LogP contribution in [0, 0.1) is 11.8 Å². The van der Waals surface area contributed by atoms with Gasteiger partial charge in [0.2, 0.25) is 0 Å². The van der Waals surface area contributed by atoms with Crippen molar-refractivity contribution in [3.05, 3.63) is 34.7 Å². The number of thiophene rings is 1. The molecule has 25 heavy (non-hydrogen) atoms. The molecule has 1 aromatic heterocycles. The first-order chi connectivity index (χ1) is 11.9. The second-order valence-electron chi connectivity index (χ2n) is 7.41. The van der Waals surface area contributed by atoms with Gasteiger partial charge in [0.05, 0.1) is 5.56 Å². The summed E-state index contributed by atoms with van der Waals surface area (Å²) in [6.45, 7) is 0. The summed E-state index contributed by atoms with van der Waals surface area (Å²) >= 11 is 1.13. The SMILES string of the molecule is FC(F)(F)c1csc2cc(C3=N[C@@]4(CC5CCC4CC5)NN3)ccc12. The summed E-state index contributed by atoms with van der Waals surface area (Å²) in [4.78, 5) is 4.97. The molecule has 1 spiro atoms. The van der Waals surface area contributed by atoms with Crippen LogP contribution < -0.4 is 10.9 Å². The minimum Gasteiger partial charge on any atom is -0.303 e. The van der Waals surface area contributed by atoms with Crippen molar-refractivity contribution in [2.24, 2.45) is 16.8 Å². The molecule has 2 bridgehead atoms. The maximum absolute atomic E-state index is 13.0. The van der Waals surface area contributed by atoms with E-state index in [0.29, 0.717) is 10.6 Å². The van der Waals surface area contributed by atoms with Crippen LogP contribution in [0.1, 0.15) is 43.2 Å². The number of alkyl halides is 3. The van der Waals surface area contributed by atoms with Crippen molar-refractivity contribution in [2.75, 3.05) is 0 Å². The number of halogens is 3. The number of amidine groups is 1. The monoisotopic (exact) mass is 365 g/mol. The smallest absolute Gasteiger partial charge is 0.303 e. The summed E-state index contributed by atoms with van der Waals surface area (Å²) in [5.41, 5.74) is 6.66. The number of hydrogen-bond donors (Lipinski definition) is 2. The van der Waals surface area contributed by atoms with Crippen LogP contribution >= 0.6 is 11.3 Å². The Balaban J connectivity index is 1.51. The van der Waals surface area contributed by atoms with E-state index in [0.717, 1.165) is 35.1 Å². The minimum atomic E-state index is -4.31. The minimum absolute atomic E-state index is 0.224. The summed E-state index contributed by atoms with van der Waals surface area (Å²) in [5.74, 6) is 2.03. The predicted molar refractivity (Wildman–Crippen MR) is 92.4 cm³/mol. The molecule has 6 rings (SSSR count). The van der Waals surface area contributed by atoms with E-state index in [4.69, 9.17) is 4.99 Å². The highest BCUT2D eigenvalue weighted by molar-refractivity contribution is 7.17. The zero-order valence-corrected chi connectivity index (χ0v) is 14.3. The van der Waals surface area contributed by atoms with Crippen LogP contribution in [0.3, 0.4) is 0 Å². The lowest BCUT2D eigenvalue weighted by Crippen LogP contribution is -2.56. The molecule has 0 saturated heterocycles. The number of benzene rings is 1. The number of hydrogen-bond acceptors (Lipinski definition) is 4. The molecule has 3 aliphatic carbocycles. The summed E-state index contributed by atoms with van der Waals surface area (Å²) < 4.78 is 39.8. The summed E-state index contributed by atoms with van der Waals surface area (Å²) in [6, 6.07) is 5.10. The van der Waals surface area contributed by atoms with Crippen LogP contribution in [0.15, 0.2) is 28.6 Å². The zero-order valence-electron chi connectivity index (χ0n) is 13.5. The molecule has 1 aliphatic heterocycles. The average molecular weight is 365 g/mol. The summed E-state index contributed by atoms with van der Waals surface area (Å²) in [7, 11) is 0. The second-order valence-corrected chi connectivity index (χ2v) is 8.33. The first kappa shape index (κ1) is 15.6. The molecule has 2 N–H and O–H groups in total. The lowest BCUT2D eigenvalue weighted by Gasteiger charge is -2.47. The first-order valence-corrected chi connectivity index (χ1v) is 9.54. The molecule has 7 heteroatoms. The number of nitrogens with zero attached hydrogens (tertiary/aromatic N) is 1. The highest BCUT2D eigenvalue weighted by Crippen LogP contribution is 2.49. The molecule has 0 radical (unpaired) electrons. The van der Waals surface area contributed by atoms with Crippen molar-refractivity contribution in [3.63, 3.8) is 0 Å². The van der Waals surface area contributed by atoms with E-state index in [1.807, 2.05) is 6.07 Å². The molecule has 0 amide bonds. The Bertz CT molecular complexity index is 864. The van der Waals surface area contributed by atoms with Crippen LogP contribution in [-0.4, -0.2) is 11.5 Å². The standard InChI is InChI=1S/C18H18F3N3S/c19-18(20,21)14-9-25-15-7-11(3-6-13(14)15)16-22-17(24-23-16)8-10-1-4-12(17)5-2-10/h3,6-7,9-10,12,24H,1-2,4-5,8H2,(H,22,23)/t10?,12?,17-/m0/s1. The summed E-state index contributed by atoms with van der Waals surface area (Å²) in [5, 5.41) is 1.46. The maximum atomic E-state index is 13.0. The first-order valence-electron chi connectivity index (χ1n) is 8.66. The molecule has 4 aliphatic rings. The molecular formula is C18H18F3N3S. The number of nitrogens with one attached hydrogen (secondary N) is 2. The summed E-state index contributed by atoms with van der Waals surface area (Å²) in [6.07, 6.45) is 1.73. The van der Waals surface area contributed by atoms with Gasteiger partial charge in [-0.2, -0.15) is 13.2 Å². The van der Waals surface area contributed by atoms with Crippen molar-refractivity contribution < 1.29 is 13.2 Å². The van der Waals surface area contributed by atoms with Gasteiger partial charge >= 0.3 is 6.18 Å². The third-order valence-corrected chi connectivity index (χ3v) is 6.93. The van der Waals surface area contributed by atoms with Crippen LogP contribution in [0.4, 0.5) is 13.2 Å². The van der Waals surface area contributed by atoms with E-state index < -0.39 is 11.7 Å². The normalized spacial score (nSPS) is 31.6. The quantitative estimate of drug-likeness (QED) is 0.770. The molecule has 3 nitrogen and oxygen atoms in total. The number of aliphatic imine (C=N–C) groups is 1. The highest BCUT2D eigenvalue weighted by Gasteiger charge is 2.50. The molecule has 0 unspecified atom stereocenters. The Morgan fingerprint density at radius 2 is 1.96 bits per heavy atom. The lowest BCUT2D eigenvalue weighted by molar-refractivity contribution is -0.136. The fourth-order valence-corrected chi connectivity index (χ4v) is 5.70. The van der Waals surface area contributed by atoms with Gasteiger partial charge in [-0.1, -0.05) is 12.1 Å². The molecule has 1 atom stereocenters. The fraction of sp³-hybridized carbons (Fsp3) is 0.500. The van der Waals surface area contributed by atoms with Crippen molar-refractivity contribution in [1.82, 2.24) is 10.9 Å². The van der Waals surface area contributed by atoms with E-state index in [2.05, 4.69) is 10.9 Å². The number of hydrazine groups is 1. The Hall–Kier alpha value is -1.60. The van der Waals surface area contributed by atoms with Gasteiger partial charge in [-0.3, -0.25) is 0 Å². The van der Waals surface area contributed by atoms with Crippen LogP contribution in [0.25, 0.3) is 10.1 Å². The van der Waals surface area contributed by atoms with Crippen molar-refractivity contribution >= 4 is 27.3 Å². The average Bonchev–Trinajstić information content (AvgIpc) is 3.19. The topological polar surface area (TPSA) is 36.4 Å². The fourth-order valence-electron chi connectivity index (χ4n) is 4.70. The van der Waals surface area contributed by atoms with E-state index >= 15 is 0 Å². The van der Waals surface area contributed by atoms with E-state index in [1.54, 1.807) is 12.1 Å². The number of rotatable bonds is 1. The lowest BCUT2D eigenvalue weighted by atomic mass is 9.65. The molecule has 3 saturated carbocycles. The predicted octanol–water partition coefficient (Wildman–Crippen LogP) is 4.68. The Morgan fingerprint density at radius 3 is 2.64 bits per heavy atom. The molecular weight excluding hydrogens is 347 g/mol. The van der Waals surface area contributed by atoms with E-state index in [-0.39, 0.29) is 11.0 Å². The Morgan fingerprint density at radius 1 is 1.16 bits per heavy atom. The molecule has 132 valence electrons.